The molecule has 33 heavy (non-hydrogen) atoms. The average molecular weight is 453 g/mol. The third-order valence-corrected chi connectivity index (χ3v) is 5.39. The van der Waals surface area contributed by atoms with Crippen LogP contribution in [0.2, 0.25) is 0 Å². The number of amides is 1. The van der Waals surface area contributed by atoms with Gasteiger partial charge >= 0.3 is 0 Å². The molecule has 1 aromatic heterocycles. The van der Waals surface area contributed by atoms with Gasteiger partial charge in [-0.05, 0) is 42.7 Å². The standard InChI is InChI=1S/C26H36N4O3/c1-21(2)19-33-20-24(31)18-29-13-6-14-30(16-15-29)25-11-10-23(17-27-25)28-26(32)12-9-22-7-4-3-5-8-22/h3-5,7-12,17,21,24,31H,6,13-16,18-20H2,1-2H3,(H,28,32)/b12-9+. The quantitative estimate of drug-likeness (QED) is 0.539. The molecule has 1 aliphatic heterocycles. The van der Waals surface area contributed by atoms with Gasteiger partial charge in [0.05, 0.1) is 24.6 Å². The van der Waals surface area contributed by atoms with Crippen molar-refractivity contribution in [1.82, 2.24) is 9.88 Å². The second-order valence-corrected chi connectivity index (χ2v) is 8.86. The van der Waals surface area contributed by atoms with Crippen LogP contribution in [-0.4, -0.2) is 72.9 Å². The number of β-amino-alcohol motifs (C(OH)–C–C–N with tert-alkyl or cyclic N) is 1. The zero-order chi connectivity index (χ0) is 23.5. The lowest BCUT2D eigenvalue weighted by molar-refractivity contribution is -0.111. The van der Waals surface area contributed by atoms with Crippen molar-refractivity contribution in [2.75, 3.05) is 56.2 Å². The van der Waals surface area contributed by atoms with Crippen LogP contribution in [0.4, 0.5) is 11.5 Å². The Morgan fingerprint density at radius 3 is 2.67 bits per heavy atom. The summed E-state index contributed by atoms with van der Waals surface area (Å²) in [7, 11) is 0. The molecule has 3 rings (SSSR count). The Morgan fingerprint density at radius 1 is 1.12 bits per heavy atom. The van der Waals surface area contributed by atoms with Gasteiger partial charge in [-0.2, -0.15) is 0 Å². The van der Waals surface area contributed by atoms with E-state index in [1.165, 1.54) is 6.08 Å². The SMILES string of the molecule is CC(C)COCC(O)CN1CCCN(c2ccc(NC(=O)/C=C/c3ccccc3)cn2)CC1. The number of aliphatic hydroxyl groups excluding tert-OH is 1. The number of anilines is 2. The van der Waals surface area contributed by atoms with Crippen molar-refractivity contribution in [3.05, 3.63) is 60.3 Å². The number of carbonyl (C=O) groups is 1. The van der Waals surface area contributed by atoms with Crippen molar-refractivity contribution in [2.24, 2.45) is 5.92 Å². The molecule has 0 bridgehead atoms. The second-order valence-electron chi connectivity index (χ2n) is 8.86. The smallest absolute Gasteiger partial charge is 0.248 e. The first-order valence-electron chi connectivity index (χ1n) is 11.7. The summed E-state index contributed by atoms with van der Waals surface area (Å²) in [6.07, 6.45) is 5.54. The first-order valence-corrected chi connectivity index (χ1v) is 11.7. The number of aliphatic hydroxyl groups is 1. The van der Waals surface area contributed by atoms with Crippen molar-refractivity contribution in [3.8, 4) is 0 Å². The summed E-state index contributed by atoms with van der Waals surface area (Å²) >= 11 is 0. The Labute approximate surface area is 197 Å². The van der Waals surface area contributed by atoms with E-state index in [2.05, 4.69) is 33.9 Å². The van der Waals surface area contributed by atoms with Crippen LogP contribution in [0.1, 0.15) is 25.8 Å². The van der Waals surface area contributed by atoms with E-state index in [9.17, 15) is 9.90 Å². The molecule has 0 spiro atoms. The number of nitrogens with zero attached hydrogens (tertiary/aromatic N) is 3. The molecule has 1 amide bonds. The molecule has 178 valence electrons. The van der Waals surface area contributed by atoms with E-state index in [-0.39, 0.29) is 5.91 Å². The molecule has 2 heterocycles. The number of ether oxygens (including phenoxy) is 1. The summed E-state index contributed by atoms with van der Waals surface area (Å²) in [6, 6.07) is 13.5. The van der Waals surface area contributed by atoms with Crippen molar-refractivity contribution >= 4 is 23.5 Å². The molecule has 2 aromatic rings. The fourth-order valence-electron chi connectivity index (χ4n) is 3.74. The lowest BCUT2D eigenvalue weighted by Gasteiger charge is -2.24. The summed E-state index contributed by atoms with van der Waals surface area (Å²) in [6.45, 7) is 9.46. The Morgan fingerprint density at radius 2 is 1.94 bits per heavy atom. The van der Waals surface area contributed by atoms with Gasteiger partial charge in [0, 0.05) is 38.9 Å². The number of carbonyl (C=O) groups excluding carboxylic acids is 1. The maximum Gasteiger partial charge on any atom is 0.248 e. The molecule has 2 N–H and O–H groups in total. The molecular formula is C26H36N4O3. The summed E-state index contributed by atoms with van der Waals surface area (Å²) in [5.74, 6) is 1.19. The molecule has 0 saturated carbocycles. The van der Waals surface area contributed by atoms with Gasteiger partial charge in [0.2, 0.25) is 5.91 Å². The van der Waals surface area contributed by atoms with Crippen LogP contribution in [0, 0.1) is 5.92 Å². The van der Waals surface area contributed by atoms with Gasteiger partial charge in [0.15, 0.2) is 0 Å². The van der Waals surface area contributed by atoms with Gasteiger partial charge in [-0.25, -0.2) is 4.98 Å². The van der Waals surface area contributed by atoms with Crippen LogP contribution in [-0.2, 0) is 9.53 Å². The fourth-order valence-corrected chi connectivity index (χ4v) is 3.74. The summed E-state index contributed by atoms with van der Waals surface area (Å²) in [5.41, 5.74) is 1.65. The third-order valence-electron chi connectivity index (χ3n) is 5.39. The first-order chi connectivity index (χ1) is 16.0. The lowest BCUT2D eigenvalue weighted by atomic mass is 10.2. The minimum Gasteiger partial charge on any atom is -0.389 e. The van der Waals surface area contributed by atoms with E-state index >= 15 is 0 Å². The number of aromatic nitrogens is 1. The molecule has 1 unspecified atom stereocenters. The Balaban J connectivity index is 1.44. The van der Waals surface area contributed by atoms with Gasteiger partial charge in [0.1, 0.15) is 5.82 Å². The molecule has 1 aliphatic rings. The highest BCUT2D eigenvalue weighted by Gasteiger charge is 2.18. The molecule has 1 saturated heterocycles. The van der Waals surface area contributed by atoms with Gasteiger partial charge in [-0.15, -0.1) is 0 Å². The number of benzene rings is 1. The van der Waals surface area contributed by atoms with Crippen molar-refractivity contribution in [1.29, 1.82) is 0 Å². The second kappa shape index (κ2) is 13.1. The Bertz CT molecular complexity index is 871. The summed E-state index contributed by atoms with van der Waals surface area (Å²) in [4.78, 5) is 21.3. The monoisotopic (exact) mass is 452 g/mol. The maximum absolute atomic E-state index is 12.2. The minimum absolute atomic E-state index is 0.185. The zero-order valence-electron chi connectivity index (χ0n) is 19.7. The van der Waals surface area contributed by atoms with E-state index in [4.69, 9.17) is 4.74 Å². The normalized spacial score (nSPS) is 16.2. The van der Waals surface area contributed by atoms with E-state index in [0.717, 1.165) is 44.0 Å². The number of hydrogen-bond acceptors (Lipinski definition) is 6. The van der Waals surface area contributed by atoms with Gasteiger partial charge in [-0.3, -0.25) is 9.69 Å². The number of nitrogens with one attached hydrogen (secondary N) is 1. The first kappa shape index (κ1) is 24.9. The van der Waals surface area contributed by atoms with Crippen LogP contribution in [0.25, 0.3) is 6.08 Å². The highest BCUT2D eigenvalue weighted by Crippen LogP contribution is 2.17. The van der Waals surface area contributed by atoms with E-state index < -0.39 is 6.10 Å². The van der Waals surface area contributed by atoms with Crippen LogP contribution < -0.4 is 10.2 Å². The minimum atomic E-state index is -0.465. The van der Waals surface area contributed by atoms with Gasteiger partial charge in [0.25, 0.3) is 0 Å². The van der Waals surface area contributed by atoms with E-state index in [0.29, 0.717) is 31.4 Å². The molecule has 1 fully saturated rings. The summed E-state index contributed by atoms with van der Waals surface area (Å²) in [5, 5.41) is 13.1. The van der Waals surface area contributed by atoms with Crippen LogP contribution in [0.3, 0.4) is 0 Å². The predicted molar refractivity (Wildman–Crippen MR) is 133 cm³/mol. The Kier molecular flexibility index (Phi) is 9.87. The third kappa shape index (κ3) is 8.96. The van der Waals surface area contributed by atoms with E-state index in [1.807, 2.05) is 42.5 Å². The lowest BCUT2D eigenvalue weighted by Crippen LogP contribution is -2.38. The van der Waals surface area contributed by atoms with Gasteiger partial charge < -0.3 is 20.1 Å². The van der Waals surface area contributed by atoms with Crippen LogP contribution in [0.15, 0.2) is 54.7 Å². The molecule has 7 nitrogen and oxygen atoms in total. The highest BCUT2D eigenvalue weighted by molar-refractivity contribution is 6.01. The predicted octanol–water partition coefficient (Wildman–Crippen LogP) is 3.28. The van der Waals surface area contributed by atoms with Crippen molar-refractivity contribution < 1.29 is 14.6 Å². The van der Waals surface area contributed by atoms with Crippen molar-refractivity contribution in [2.45, 2.75) is 26.4 Å². The van der Waals surface area contributed by atoms with Crippen LogP contribution in [0.5, 0.6) is 0 Å². The molecule has 0 aliphatic carbocycles. The number of hydrogen-bond donors (Lipinski definition) is 2. The largest absolute Gasteiger partial charge is 0.389 e. The number of rotatable bonds is 10. The topological polar surface area (TPSA) is 77.9 Å². The average Bonchev–Trinajstić information content (AvgIpc) is 3.04. The zero-order valence-corrected chi connectivity index (χ0v) is 19.7. The molecule has 1 aromatic carbocycles. The molecular weight excluding hydrogens is 416 g/mol. The van der Waals surface area contributed by atoms with E-state index in [1.54, 1.807) is 12.3 Å². The van der Waals surface area contributed by atoms with Crippen LogP contribution >= 0.6 is 0 Å². The summed E-state index contributed by atoms with van der Waals surface area (Å²) < 4.78 is 5.57. The highest BCUT2D eigenvalue weighted by atomic mass is 16.5. The van der Waals surface area contributed by atoms with Gasteiger partial charge in [-0.1, -0.05) is 44.2 Å². The number of pyridine rings is 1. The maximum atomic E-state index is 12.2. The molecule has 0 radical (unpaired) electrons. The molecule has 7 heteroatoms. The van der Waals surface area contributed by atoms with Crippen molar-refractivity contribution in [3.63, 3.8) is 0 Å². The molecule has 1 atom stereocenters. The fraction of sp³-hybridized carbons (Fsp3) is 0.462. The Hall–Kier alpha value is -2.74.